The van der Waals surface area contributed by atoms with Gasteiger partial charge in [-0.2, -0.15) is 0 Å². The molecule has 0 aliphatic rings. The minimum atomic E-state index is -2.41. The van der Waals surface area contributed by atoms with Gasteiger partial charge in [-0.05, 0) is 26.3 Å². The molecule has 0 aliphatic carbocycles. The zero-order valence-electron chi connectivity index (χ0n) is 21.2. The molecule has 0 heterocycles. The maximum absolute atomic E-state index is 5.49. The van der Waals surface area contributed by atoms with Crippen molar-refractivity contribution < 1.29 is 13.3 Å². The molecule has 0 fully saturated rings. The van der Waals surface area contributed by atoms with Gasteiger partial charge in [-0.3, -0.25) is 0 Å². The molecule has 0 rings (SSSR count). The van der Waals surface area contributed by atoms with E-state index in [1.165, 1.54) is 103 Å². The topological polar surface area (TPSA) is 39.7 Å². The van der Waals surface area contributed by atoms with E-state index in [4.69, 9.17) is 13.3 Å². The molecular weight excluding hydrogens is 390 g/mol. The summed E-state index contributed by atoms with van der Waals surface area (Å²) in [7, 11) is 2.65. The highest BCUT2D eigenvalue weighted by molar-refractivity contribution is 6.60. The van der Waals surface area contributed by atoms with Gasteiger partial charge in [-0.25, -0.2) is 0 Å². The molecule has 1 unspecified atom stereocenters. The Labute approximate surface area is 190 Å². The van der Waals surface area contributed by atoms with Crippen molar-refractivity contribution in [2.75, 3.05) is 27.9 Å². The van der Waals surface area contributed by atoms with E-state index in [1.54, 1.807) is 21.3 Å². The quantitative estimate of drug-likeness (QED) is 0.123. The maximum atomic E-state index is 5.49. The molecule has 30 heavy (non-hydrogen) atoms. The highest BCUT2D eigenvalue weighted by Gasteiger charge is 2.37. The molecule has 0 aromatic rings. The molecule has 1 N–H and O–H groups in total. The van der Waals surface area contributed by atoms with Gasteiger partial charge in [-0.1, -0.05) is 103 Å². The second-order valence-electron chi connectivity index (χ2n) is 8.99. The van der Waals surface area contributed by atoms with Gasteiger partial charge in [0.2, 0.25) is 0 Å². The molecule has 0 saturated carbocycles. The van der Waals surface area contributed by atoms with Crippen molar-refractivity contribution in [2.45, 2.75) is 135 Å². The van der Waals surface area contributed by atoms with Gasteiger partial charge in [0, 0.05) is 33.4 Å². The van der Waals surface area contributed by atoms with E-state index in [9.17, 15) is 0 Å². The monoisotopic (exact) mass is 445 g/mol. The van der Waals surface area contributed by atoms with Crippen molar-refractivity contribution in [3.8, 4) is 0 Å². The first-order valence-corrected chi connectivity index (χ1v) is 15.0. The van der Waals surface area contributed by atoms with E-state index in [2.05, 4.69) is 19.2 Å². The summed E-state index contributed by atoms with van der Waals surface area (Å²) in [6.07, 6.45) is 23.8. The van der Waals surface area contributed by atoms with E-state index in [-0.39, 0.29) is 0 Å². The highest BCUT2D eigenvalue weighted by atomic mass is 28.4. The van der Waals surface area contributed by atoms with Crippen molar-refractivity contribution in [2.24, 2.45) is 0 Å². The van der Waals surface area contributed by atoms with E-state index >= 15 is 0 Å². The minimum Gasteiger partial charge on any atom is -0.377 e. The first-order valence-electron chi connectivity index (χ1n) is 13.0. The lowest BCUT2D eigenvalue weighted by Crippen LogP contribution is -2.44. The average Bonchev–Trinajstić information content (AvgIpc) is 2.77. The summed E-state index contributed by atoms with van der Waals surface area (Å²) in [5, 5.41) is 3.63. The van der Waals surface area contributed by atoms with Gasteiger partial charge in [0.25, 0.3) is 0 Å². The summed E-state index contributed by atoms with van der Waals surface area (Å²) >= 11 is 0. The molecule has 0 aromatic heterocycles. The predicted molar refractivity (Wildman–Crippen MR) is 133 cm³/mol. The molecule has 0 radical (unpaired) electrons. The standard InChI is InChI=1S/C25H55NO3Si/c1-6-7-8-9-10-11-12-13-14-15-16-17-18-19-20-21-23-26-25(2)22-24-30(27-3,28-4)29-5/h25-26H,6-24H2,1-5H3. The highest BCUT2D eigenvalue weighted by Crippen LogP contribution is 2.17. The van der Waals surface area contributed by atoms with Crippen LogP contribution < -0.4 is 5.32 Å². The lowest BCUT2D eigenvalue weighted by molar-refractivity contribution is 0.122. The fourth-order valence-electron chi connectivity index (χ4n) is 4.07. The molecule has 4 nitrogen and oxygen atoms in total. The summed E-state index contributed by atoms with van der Waals surface area (Å²) in [5.74, 6) is 0. The van der Waals surface area contributed by atoms with Crippen LogP contribution in [0.5, 0.6) is 0 Å². The van der Waals surface area contributed by atoms with Crippen LogP contribution in [0.4, 0.5) is 0 Å². The molecule has 0 saturated heterocycles. The third kappa shape index (κ3) is 17.7. The van der Waals surface area contributed by atoms with Crippen LogP contribution >= 0.6 is 0 Å². The molecule has 0 aromatic carbocycles. The van der Waals surface area contributed by atoms with Gasteiger partial charge in [0.1, 0.15) is 0 Å². The zero-order valence-corrected chi connectivity index (χ0v) is 22.2. The van der Waals surface area contributed by atoms with Crippen LogP contribution in [0.3, 0.4) is 0 Å². The Morgan fingerprint density at radius 2 is 0.967 bits per heavy atom. The van der Waals surface area contributed by atoms with Gasteiger partial charge in [0.05, 0.1) is 0 Å². The first kappa shape index (κ1) is 30.1. The summed E-state index contributed by atoms with van der Waals surface area (Å²) in [6.45, 7) is 5.65. The van der Waals surface area contributed by atoms with E-state index in [0.717, 1.165) is 19.0 Å². The van der Waals surface area contributed by atoms with Gasteiger partial charge in [0.15, 0.2) is 0 Å². The van der Waals surface area contributed by atoms with Crippen LogP contribution in [0.25, 0.3) is 0 Å². The SMILES string of the molecule is CCCCCCCCCCCCCCCCCCNC(C)CC[Si](OC)(OC)OC. The molecule has 0 spiro atoms. The number of rotatable bonds is 24. The van der Waals surface area contributed by atoms with Crippen molar-refractivity contribution in [3.63, 3.8) is 0 Å². The normalized spacial score (nSPS) is 13.1. The molecule has 0 amide bonds. The fourth-order valence-corrected chi connectivity index (χ4v) is 5.97. The number of hydrogen-bond acceptors (Lipinski definition) is 4. The second kappa shape index (κ2) is 22.3. The van der Waals surface area contributed by atoms with Crippen LogP contribution in [0.15, 0.2) is 0 Å². The number of nitrogens with one attached hydrogen (secondary N) is 1. The first-order chi connectivity index (χ1) is 14.6. The largest absolute Gasteiger partial charge is 0.500 e. The Balaban J connectivity index is 3.31. The molecule has 0 aliphatic heterocycles. The third-order valence-electron chi connectivity index (χ3n) is 6.34. The fraction of sp³-hybridized carbons (Fsp3) is 1.00. The summed E-state index contributed by atoms with van der Waals surface area (Å²) < 4.78 is 16.5. The second-order valence-corrected chi connectivity index (χ2v) is 12.1. The van der Waals surface area contributed by atoms with Crippen molar-refractivity contribution in [3.05, 3.63) is 0 Å². The lowest BCUT2D eigenvalue weighted by Gasteiger charge is -2.25. The Morgan fingerprint density at radius 3 is 1.33 bits per heavy atom. The van der Waals surface area contributed by atoms with Crippen molar-refractivity contribution in [1.29, 1.82) is 0 Å². The van der Waals surface area contributed by atoms with Crippen LogP contribution in [-0.4, -0.2) is 42.7 Å². The Kier molecular flexibility index (Phi) is 22.3. The summed E-state index contributed by atoms with van der Waals surface area (Å²) in [5.41, 5.74) is 0. The van der Waals surface area contributed by atoms with Crippen LogP contribution in [0.1, 0.15) is 123 Å². The van der Waals surface area contributed by atoms with Crippen LogP contribution in [-0.2, 0) is 13.3 Å². The zero-order chi connectivity index (χ0) is 22.3. The average molecular weight is 446 g/mol. The lowest BCUT2D eigenvalue weighted by atomic mass is 10.0. The van der Waals surface area contributed by atoms with Gasteiger partial charge < -0.3 is 18.6 Å². The molecule has 5 heteroatoms. The van der Waals surface area contributed by atoms with Crippen LogP contribution in [0, 0.1) is 0 Å². The van der Waals surface area contributed by atoms with E-state index in [0.29, 0.717) is 6.04 Å². The third-order valence-corrected chi connectivity index (χ3v) is 9.11. The number of hydrogen-bond donors (Lipinski definition) is 1. The van der Waals surface area contributed by atoms with Crippen molar-refractivity contribution in [1.82, 2.24) is 5.32 Å². The van der Waals surface area contributed by atoms with Gasteiger partial charge in [-0.15, -0.1) is 0 Å². The van der Waals surface area contributed by atoms with Gasteiger partial charge >= 0.3 is 8.80 Å². The maximum Gasteiger partial charge on any atom is 0.500 e. The Bertz CT molecular complexity index is 332. The molecule has 0 bridgehead atoms. The Hall–Kier alpha value is 0.0569. The molecule has 182 valence electrons. The predicted octanol–water partition coefficient (Wildman–Crippen LogP) is 7.49. The molecular formula is C25H55NO3Si. The minimum absolute atomic E-state index is 0.480. The summed E-state index contributed by atoms with van der Waals surface area (Å²) in [6, 6.07) is 1.34. The van der Waals surface area contributed by atoms with Crippen LogP contribution in [0.2, 0.25) is 6.04 Å². The van der Waals surface area contributed by atoms with E-state index in [1.807, 2.05) is 0 Å². The smallest absolute Gasteiger partial charge is 0.377 e. The summed E-state index contributed by atoms with van der Waals surface area (Å²) in [4.78, 5) is 0. The Morgan fingerprint density at radius 1 is 0.600 bits per heavy atom. The molecule has 1 atom stereocenters. The van der Waals surface area contributed by atoms with Crippen molar-refractivity contribution >= 4 is 8.80 Å². The number of unbranched alkanes of at least 4 members (excludes halogenated alkanes) is 15. The van der Waals surface area contributed by atoms with E-state index < -0.39 is 8.80 Å².